The molecule has 2 aromatic rings. The molecule has 2 aliphatic rings. The number of amides is 2. The van der Waals surface area contributed by atoms with Gasteiger partial charge in [-0.15, -0.1) is 0 Å². The first-order chi connectivity index (χ1) is 12.6. The first-order valence-corrected chi connectivity index (χ1v) is 9.99. The maximum Gasteiger partial charge on any atom is 0.242 e. The Morgan fingerprint density at radius 1 is 1.15 bits per heavy atom. The summed E-state index contributed by atoms with van der Waals surface area (Å²) in [5, 5.41) is 5.57. The molecule has 2 aliphatic heterocycles. The zero-order valence-corrected chi connectivity index (χ0v) is 15.7. The van der Waals surface area contributed by atoms with Crippen LogP contribution < -0.4 is 4.90 Å². The zero-order valence-electron chi connectivity index (χ0n) is 14.9. The Bertz CT molecular complexity index is 828. The summed E-state index contributed by atoms with van der Waals surface area (Å²) in [4.78, 5) is 28.8. The van der Waals surface area contributed by atoms with Gasteiger partial charge in [0.05, 0.1) is 22.8 Å². The Labute approximate surface area is 157 Å². The minimum absolute atomic E-state index is 0.0245. The molecular weight excluding hydrogens is 348 g/mol. The number of fused-ring (bicyclic) bond motifs is 1. The molecule has 6 nitrogen and oxygen atoms in total. The van der Waals surface area contributed by atoms with Crippen LogP contribution >= 0.6 is 11.8 Å². The molecule has 4 rings (SSSR count). The Morgan fingerprint density at radius 2 is 1.88 bits per heavy atom. The van der Waals surface area contributed by atoms with Crippen LogP contribution in [0.1, 0.15) is 25.0 Å². The molecule has 1 fully saturated rings. The first-order valence-electron chi connectivity index (χ1n) is 9.01. The fraction of sp³-hybridized carbons (Fsp3) is 0.421. The van der Waals surface area contributed by atoms with E-state index in [-0.39, 0.29) is 18.4 Å². The number of aromatic nitrogens is 2. The number of thioether (sulfide) groups is 1. The van der Waals surface area contributed by atoms with E-state index in [0.29, 0.717) is 5.75 Å². The van der Waals surface area contributed by atoms with E-state index in [1.807, 2.05) is 46.8 Å². The molecule has 7 heteroatoms. The van der Waals surface area contributed by atoms with E-state index in [0.717, 1.165) is 48.0 Å². The molecule has 0 unspecified atom stereocenters. The van der Waals surface area contributed by atoms with Crippen LogP contribution in [0.15, 0.2) is 35.4 Å². The van der Waals surface area contributed by atoms with Crippen LogP contribution in [0.2, 0.25) is 0 Å². The van der Waals surface area contributed by atoms with Gasteiger partial charge in [0.1, 0.15) is 11.6 Å². The molecule has 136 valence electrons. The summed E-state index contributed by atoms with van der Waals surface area (Å²) >= 11 is 1.49. The molecule has 3 heterocycles. The van der Waals surface area contributed by atoms with Crippen molar-refractivity contribution in [1.29, 1.82) is 0 Å². The fourth-order valence-electron chi connectivity index (χ4n) is 3.56. The number of likely N-dealkylation sites (tertiary alicyclic amines) is 1. The predicted octanol–water partition coefficient (Wildman–Crippen LogP) is 2.63. The number of anilines is 1. The number of hydrogen-bond donors (Lipinski definition) is 0. The van der Waals surface area contributed by atoms with Crippen LogP contribution in [0, 0.1) is 6.92 Å². The van der Waals surface area contributed by atoms with Crippen LogP contribution in [-0.2, 0) is 9.59 Å². The second-order valence-electron chi connectivity index (χ2n) is 6.70. The van der Waals surface area contributed by atoms with Gasteiger partial charge in [0.25, 0.3) is 0 Å². The maximum atomic E-state index is 12.7. The molecule has 0 spiro atoms. The number of aryl methyl sites for hydroxylation is 1. The molecule has 0 saturated carbocycles. The largest absolute Gasteiger partial charge is 0.341 e. The van der Waals surface area contributed by atoms with Crippen LogP contribution in [0.25, 0.3) is 5.69 Å². The van der Waals surface area contributed by atoms with Crippen molar-refractivity contribution in [3.63, 3.8) is 0 Å². The van der Waals surface area contributed by atoms with Crippen molar-refractivity contribution < 1.29 is 9.59 Å². The highest BCUT2D eigenvalue weighted by Gasteiger charge is 2.33. The Kier molecular flexibility index (Phi) is 4.72. The van der Waals surface area contributed by atoms with E-state index in [1.54, 1.807) is 4.90 Å². The van der Waals surface area contributed by atoms with Crippen LogP contribution in [0.5, 0.6) is 0 Å². The first kappa shape index (κ1) is 17.1. The van der Waals surface area contributed by atoms with Crippen molar-refractivity contribution in [3.05, 3.63) is 36.0 Å². The van der Waals surface area contributed by atoms with Crippen molar-refractivity contribution in [2.24, 2.45) is 0 Å². The molecule has 2 amide bonds. The van der Waals surface area contributed by atoms with Gasteiger partial charge in [-0.2, -0.15) is 5.10 Å². The number of carbonyl (C=O) groups is 2. The Hall–Kier alpha value is -2.28. The van der Waals surface area contributed by atoms with Gasteiger partial charge in [-0.25, -0.2) is 4.68 Å². The highest BCUT2D eigenvalue weighted by atomic mass is 32.2. The number of piperidine rings is 1. The van der Waals surface area contributed by atoms with E-state index < -0.39 is 0 Å². The molecule has 1 aromatic heterocycles. The molecule has 0 N–H and O–H groups in total. The predicted molar refractivity (Wildman–Crippen MR) is 102 cm³/mol. The molecule has 0 radical (unpaired) electrons. The molecule has 0 atom stereocenters. The summed E-state index contributed by atoms with van der Waals surface area (Å²) in [6.45, 7) is 3.60. The van der Waals surface area contributed by atoms with Crippen molar-refractivity contribution in [3.8, 4) is 5.69 Å². The average Bonchev–Trinajstić information content (AvgIpc) is 3.02. The van der Waals surface area contributed by atoms with Crippen LogP contribution in [0.4, 0.5) is 5.69 Å². The summed E-state index contributed by atoms with van der Waals surface area (Å²) < 4.78 is 1.88. The number of rotatable bonds is 3. The van der Waals surface area contributed by atoms with Crippen molar-refractivity contribution in [1.82, 2.24) is 14.7 Å². The standard InChI is InChI=1S/C19H22N4O2S/c1-14-18-19(23(20-14)15-8-4-2-5-9-15)26-13-17(25)22(18)12-16(24)21-10-6-3-7-11-21/h2,4-5,8-9H,3,6-7,10-13H2,1H3. The summed E-state index contributed by atoms with van der Waals surface area (Å²) in [7, 11) is 0. The number of para-hydroxylation sites is 1. The second kappa shape index (κ2) is 7.15. The third kappa shape index (κ3) is 3.11. The van der Waals surface area contributed by atoms with Gasteiger partial charge in [0.2, 0.25) is 11.8 Å². The van der Waals surface area contributed by atoms with Crippen LogP contribution in [-0.4, -0.2) is 51.9 Å². The van der Waals surface area contributed by atoms with E-state index >= 15 is 0 Å². The smallest absolute Gasteiger partial charge is 0.242 e. The minimum atomic E-state index is -0.0245. The maximum absolute atomic E-state index is 12.7. The molecule has 0 aliphatic carbocycles. The van der Waals surface area contributed by atoms with Gasteiger partial charge in [-0.1, -0.05) is 30.0 Å². The second-order valence-corrected chi connectivity index (χ2v) is 7.66. The average molecular weight is 370 g/mol. The normalized spacial score (nSPS) is 17.3. The highest BCUT2D eigenvalue weighted by Crippen LogP contribution is 2.39. The SMILES string of the molecule is Cc1nn(-c2ccccc2)c2c1N(CC(=O)N1CCCCC1)C(=O)CS2. The highest BCUT2D eigenvalue weighted by molar-refractivity contribution is 8.00. The monoisotopic (exact) mass is 370 g/mol. The third-order valence-electron chi connectivity index (χ3n) is 4.89. The summed E-state index contributed by atoms with van der Waals surface area (Å²) in [5.41, 5.74) is 2.51. The van der Waals surface area contributed by atoms with E-state index in [9.17, 15) is 9.59 Å². The quantitative estimate of drug-likeness (QED) is 0.833. The Balaban J connectivity index is 1.65. The topological polar surface area (TPSA) is 58.4 Å². The molecule has 26 heavy (non-hydrogen) atoms. The lowest BCUT2D eigenvalue weighted by molar-refractivity contribution is -0.132. The summed E-state index contributed by atoms with van der Waals surface area (Å²) in [6.07, 6.45) is 3.27. The number of carbonyl (C=O) groups excluding carboxylic acids is 2. The van der Waals surface area contributed by atoms with Gasteiger partial charge in [0.15, 0.2) is 0 Å². The summed E-state index contributed by atoms with van der Waals surface area (Å²) in [6, 6.07) is 9.89. The number of benzene rings is 1. The van der Waals surface area contributed by atoms with Crippen molar-refractivity contribution in [2.75, 3.05) is 30.3 Å². The zero-order chi connectivity index (χ0) is 18.1. The van der Waals surface area contributed by atoms with Crippen molar-refractivity contribution in [2.45, 2.75) is 31.2 Å². The van der Waals surface area contributed by atoms with E-state index in [4.69, 9.17) is 0 Å². The fourth-order valence-corrected chi connectivity index (χ4v) is 4.64. The lowest BCUT2D eigenvalue weighted by atomic mass is 10.1. The van der Waals surface area contributed by atoms with Crippen LogP contribution in [0.3, 0.4) is 0 Å². The minimum Gasteiger partial charge on any atom is -0.341 e. The lowest BCUT2D eigenvalue weighted by Gasteiger charge is -2.31. The molecule has 1 aromatic carbocycles. The molecule has 0 bridgehead atoms. The van der Waals surface area contributed by atoms with Gasteiger partial charge >= 0.3 is 0 Å². The van der Waals surface area contributed by atoms with Crippen molar-refractivity contribution >= 4 is 29.3 Å². The number of hydrogen-bond acceptors (Lipinski definition) is 4. The van der Waals surface area contributed by atoms with E-state index in [1.165, 1.54) is 18.2 Å². The molecule has 1 saturated heterocycles. The van der Waals surface area contributed by atoms with Gasteiger partial charge in [-0.3, -0.25) is 14.5 Å². The number of nitrogens with zero attached hydrogens (tertiary/aromatic N) is 4. The van der Waals surface area contributed by atoms with Gasteiger partial charge in [0, 0.05) is 13.1 Å². The van der Waals surface area contributed by atoms with Gasteiger partial charge in [-0.05, 0) is 38.3 Å². The molecular formula is C19H22N4O2S. The lowest BCUT2D eigenvalue weighted by Crippen LogP contribution is -2.46. The van der Waals surface area contributed by atoms with E-state index in [2.05, 4.69) is 5.10 Å². The Morgan fingerprint density at radius 3 is 2.62 bits per heavy atom. The third-order valence-corrected chi connectivity index (χ3v) is 5.92. The summed E-state index contributed by atoms with van der Waals surface area (Å²) in [5.74, 6) is 0.337. The van der Waals surface area contributed by atoms with Gasteiger partial charge < -0.3 is 4.90 Å².